The van der Waals surface area contributed by atoms with Crippen molar-refractivity contribution in [2.45, 2.75) is 14.7 Å². The highest BCUT2D eigenvalue weighted by Crippen LogP contribution is 2.38. The second-order valence-electron chi connectivity index (χ2n) is 3.39. The molecule has 22 heavy (non-hydrogen) atoms. The van der Waals surface area contributed by atoms with Crippen LogP contribution in [0, 0.1) is 8.96 Å². The van der Waals surface area contributed by atoms with Crippen LogP contribution in [0.2, 0.25) is 0 Å². The van der Waals surface area contributed by atoms with Crippen LogP contribution < -0.4 is 12.4 Å². The summed E-state index contributed by atoms with van der Waals surface area (Å²) in [4.78, 5) is -1.90. The number of benzene rings is 1. The normalized spacial score (nSPS) is 12.3. The Bertz CT molecular complexity index is 977. The Balaban J connectivity index is 0.00000441. The van der Waals surface area contributed by atoms with Crippen LogP contribution in [0.25, 0.3) is 4.98 Å². The Morgan fingerprint density at radius 3 is 1.59 bits per heavy atom. The number of halogens is 2. The molecule has 0 saturated carbocycles. The van der Waals surface area contributed by atoms with Crippen LogP contribution in [0.5, 0.6) is 0 Å². The summed E-state index contributed by atoms with van der Waals surface area (Å²) < 4.78 is 93.1. The Morgan fingerprint density at radius 2 is 1.32 bits per heavy atom. The lowest BCUT2D eigenvalue weighted by molar-refractivity contribution is -0.0000166. The van der Waals surface area contributed by atoms with Gasteiger partial charge in [-0.25, -0.2) is 0 Å². The Hall–Kier alpha value is -0.610. The molecule has 0 radical (unpaired) electrons. The van der Waals surface area contributed by atoms with Crippen molar-refractivity contribution in [3.8, 4) is 0 Å². The van der Waals surface area contributed by atoms with E-state index in [-0.39, 0.29) is 12.4 Å². The molecule has 1 aromatic carbocycles. The summed E-state index contributed by atoms with van der Waals surface area (Å²) in [5.74, 6) is 0. The van der Waals surface area contributed by atoms with Crippen molar-refractivity contribution in [2.24, 2.45) is 0 Å². The summed E-state index contributed by atoms with van der Waals surface area (Å²) in [6.45, 7) is 0. The van der Waals surface area contributed by atoms with Crippen molar-refractivity contribution in [3.05, 3.63) is 14.6 Å². The second-order valence-corrected chi connectivity index (χ2v) is 8.58. The van der Waals surface area contributed by atoms with Crippen molar-refractivity contribution >= 4 is 58.6 Å². The molecule has 124 valence electrons. The van der Waals surface area contributed by atoms with E-state index in [1.807, 2.05) is 0 Å². The first-order valence-electron chi connectivity index (χ1n) is 4.35. The quantitative estimate of drug-likeness (QED) is 0.225. The van der Waals surface area contributed by atoms with Crippen LogP contribution >= 0.6 is 22.6 Å². The van der Waals surface area contributed by atoms with E-state index in [1.54, 1.807) is 0 Å². The maximum Gasteiger partial charge on any atom is 0.408 e. The average Bonchev–Trinajstić information content (AvgIpc) is 2.23. The first-order valence-corrected chi connectivity index (χ1v) is 9.75. The molecular weight excluding hydrogens is 503 g/mol. The van der Waals surface area contributed by atoms with Crippen LogP contribution in [0.1, 0.15) is 0 Å². The van der Waals surface area contributed by atoms with E-state index in [4.69, 9.17) is 19.1 Å². The predicted octanol–water partition coefficient (Wildman–Crippen LogP) is -2.48. The van der Waals surface area contributed by atoms with Gasteiger partial charge in [0, 0.05) is 0 Å². The van der Waals surface area contributed by atoms with Gasteiger partial charge in [0.05, 0.1) is 9.64 Å². The molecular formula is C6H4ClIN2O9S3. The molecule has 1 rings (SSSR count). The largest absolute Gasteiger partial charge is 1.00 e. The number of hydrogen-bond acceptors (Lipinski definition) is 7. The summed E-state index contributed by atoms with van der Waals surface area (Å²) in [6.07, 6.45) is 0. The van der Waals surface area contributed by atoms with Gasteiger partial charge in [0.2, 0.25) is 10.3 Å². The lowest BCUT2D eigenvalue weighted by Gasteiger charge is -2.07. The van der Waals surface area contributed by atoms with E-state index in [0.29, 0.717) is 6.07 Å². The lowest BCUT2D eigenvalue weighted by Crippen LogP contribution is -3.00. The SMILES string of the molecule is N#[N+]c1cc(S(=O)(=O)O)c(I)c(S(=O)(=O)O)c1S(=O)(=O)O.[Cl-]. The van der Waals surface area contributed by atoms with E-state index in [0.717, 1.165) is 22.6 Å². The van der Waals surface area contributed by atoms with Crippen LogP contribution in [-0.2, 0) is 30.4 Å². The van der Waals surface area contributed by atoms with Crippen molar-refractivity contribution < 1.29 is 51.3 Å². The molecule has 0 aliphatic carbocycles. The van der Waals surface area contributed by atoms with E-state index >= 15 is 0 Å². The van der Waals surface area contributed by atoms with Gasteiger partial charge in [-0.15, -0.1) is 0 Å². The topological polar surface area (TPSA) is 191 Å². The molecule has 0 aliphatic rings. The van der Waals surface area contributed by atoms with Crippen LogP contribution in [0.15, 0.2) is 20.8 Å². The minimum Gasteiger partial charge on any atom is -1.00 e. The molecule has 0 fully saturated rings. The zero-order chi connectivity index (χ0) is 16.8. The van der Waals surface area contributed by atoms with E-state index in [1.165, 1.54) is 0 Å². The molecule has 0 aliphatic heterocycles. The van der Waals surface area contributed by atoms with Gasteiger partial charge in [0.15, 0.2) is 4.98 Å². The fourth-order valence-corrected chi connectivity index (χ4v) is 6.26. The third-order valence-electron chi connectivity index (χ3n) is 2.02. The molecule has 0 heterocycles. The molecule has 0 aromatic heterocycles. The molecule has 1 aromatic rings. The van der Waals surface area contributed by atoms with Gasteiger partial charge >= 0.3 is 15.8 Å². The Kier molecular flexibility index (Phi) is 6.30. The highest BCUT2D eigenvalue weighted by Gasteiger charge is 2.40. The second kappa shape index (κ2) is 6.48. The summed E-state index contributed by atoms with van der Waals surface area (Å²) in [5.41, 5.74) is -1.21. The Labute approximate surface area is 144 Å². The van der Waals surface area contributed by atoms with Crippen LogP contribution in [-0.4, -0.2) is 38.9 Å². The number of rotatable bonds is 3. The molecule has 3 N–H and O–H groups in total. The maximum atomic E-state index is 11.2. The van der Waals surface area contributed by atoms with Crippen LogP contribution in [0.4, 0.5) is 5.69 Å². The van der Waals surface area contributed by atoms with Gasteiger partial charge in [0.1, 0.15) is 9.79 Å². The highest BCUT2D eigenvalue weighted by molar-refractivity contribution is 14.1. The van der Waals surface area contributed by atoms with Gasteiger partial charge in [-0.05, 0) is 22.6 Å². The van der Waals surface area contributed by atoms with E-state index < -0.39 is 54.3 Å². The third kappa shape index (κ3) is 4.23. The predicted molar refractivity (Wildman–Crippen MR) is 73.3 cm³/mol. The first kappa shape index (κ1) is 21.4. The zero-order valence-electron chi connectivity index (χ0n) is 9.74. The van der Waals surface area contributed by atoms with Crippen molar-refractivity contribution in [1.29, 1.82) is 5.39 Å². The summed E-state index contributed by atoms with van der Waals surface area (Å²) in [7, 11) is -15.7. The van der Waals surface area contributed by atoms with Crippen molar-refractivity contribution in [2.75, 3.05) is 0 Å². The summed E-state index contributed by atoms with van der Waals surface area (Å²) in [6, 6.07) is 0.300. The molecule has 0 saturated heterocycles. The lowest BCUT2D eigenvalue weighted by atomic mass is 10.3. The number of hydrogen-bond donors (Lipinski definition) is 3. The van der Waals surface area contributed by atoms with E-state index in [2.05, 4.69) is 4.98 Å². The molecule has 0 bridgehead atoms. The van der Waals surface area contributed by atoms with Gasteiger partial charge in [0.25, 0.3) is 20.2 Å². The van der Waals surface area contributed by atoms with Gasteiger partial charge in [-0.1, -0.05) is 0 Å². The van der Waals surface area contributed by atoms with Crippen molar-refractivity contribution in [1.82, 2.24) is 0 Å². The first-order chi connectivity index (χ1) is 9.21. The summed E-state index contributed by atoms with van der Waals surface area (Å²) >= 11 is 1.01. The van der Waals surface area contributed by atoms with Crippen molar-refractivity contribution in [3.63, 3.8) is 0 Å². The van der Waals surface area contributed by atoms with E-state index in [9.17, 15) is 25.3 Å². The molecule has 11 nitrogen and oxygen atoms in total. The molecule has 0 unspecified atom stereocenters. The van der Waals surface area contributed by atoms with Gasteiger partial charge < -0.3 is 12.4 Å². The van der Waals surface area contributed by atoms with Crippen LogP contribution in [0.3, 0.4) is 0 Å². The number of diazo groups is 1. The monoisotopic (exact) mass is 506 g/mol. The molecule has 0 spiro atoms. The maximum absolute atomic E-state index is 11.2. The highest BCUT2D eigenvalue weighted by atomic mass is 127. The zero-order valence-corrected chi connectivity index (χ0v) is 15.1. The minimum atomic E-state index is -5.36. The van der Waals surface area contributed by atoms with Gasteiger partial charge in [-0.2, -0.15) is 25.3 Å². The molecule has 0 atom stereocenters. The average molecular weight is 507 g/mol. The molecule has 0 amide bonds. The molecule has 16 heteroatoms. The Morgan fingerprint density at radius 1 is 0.909 bits per heavy atom. The minimum absolute atomic E-state index is 0. The third-order valence-corrected chi connectivity index (χ3v) is 6.74. The van der Waals surface area contributed by atoms with Gasteiger partial charge in [-0.3, -0.25) is 13.7 Å². The fraction of sp³-hybridized carbons (Fsp3) is 0. The standard InChI is InChI=1S/C6H3IN2O9S3.ClH/c7-4-3(19(10,11)12)1-2(9-8)5(20(13,14)15)6(4)21(16,17)18;/h1H,(H2-,10,11,12,13,14,15,16,17,18);1H. The fourth-order valence-electron chi connectivity index (χ4n) is 1.32. The summed E-state index contributed by atoms with van der Waals surface area (Å²) in [5, 5.41) is 8.65. The number of nitrogens with zero attached hydrogens (tertiary/aromatic N) is 2. The smallest absolute Gasteiger partial charge is 0.408 e.